The summed E-state index contributed by atoms with van der Waals surface area (Å²) in [7, 11) is 0. The third kappa shape index (κ3) is 2.86. The zero-order valence-corrected chi connectivity index (χ0v) is 11.7. The minimum atomic E-state index is 0.389. The van der Waals surface area contributed by atoms with Crippen LogP contribution >= 0.6 is 0 Å². The highest BCUT2D eigenvalue weighted by molar-refractivity contribution is 5.34. The first-order chi connectivity index (χ1) is 8.80. The van der Waals surface area contributed by atoms with E-state index in [-0.39, 0.29) is 0 Å². The summed E-state index contributed by atoms with van der Waals surface area (Å²) in [6.45, 7) is 7.23. The Kier molecular flexibility index (Phi) is 4.65. The lowest BCUT2D eigenvalue weighted by Crippen LogP contribution is -2.44. The minimum absolute atomic E-state index is 0.389. The van der Waals surface area contributed by atoms with Crippen molar-refractivity contribution in [1.82, 2.24) is 5.32 Å². The van der Waals surface area contributed by atoms with E-state index >= 15 is 0 Å². The molecule has 1 N–H and O–H groups in total. The van der Waals surface area contributed by atoms with E-state index in [1.165, 1.54) is 31.2 Å². The van der Waals surface area contributed by atoms with E-state index in [0.29, 0.717) is 5.41 Å². The molecule has 0 aliphatic heterocycles. The van der Waals surface area contributed by atoms with Gasteiger partial charge in [0.25, 0.3) is 0 Å². The topological polar surface area (TPSA) is 21.3 Å². The number of hydrogen-bond acceptors (Lipinski definition) is 2. The Morgan fingerprint density at radius 2 is 1.89 bits per heavy atom. The van der Waals surface area contributed by atoms with E-state index in [0.717, 1.165) is 25.4 Å². The van der Waals surface area contributed by atoms with Crippen LogP contribution in [0.25, 0.3) is 0 Å². The van der Waals surface area contributed by atoms with Gasteiger partial charge < -0.3 is 10.1 Å². The van der Waals surface area contributed by atoms with Crippen LogP contribution in [-0.2, 0) is 5.41 Å². The fourth-order valence-corrected chi connectivity index (χ4v) is 2.75. The van der Waals surface area contributed by atoms with Crippen LogP contribution in [0.5, 0.6) is 5.75 Å². The third-order valence-corrected chi connectivity index (χ3v) is 3.98. The lowest BCUT2D eigenvalue weighted by molar-refractivity contribution is 0.234. The molecule has 0 radical (unpaired) electrons. The van der Waals surface area contributed by atoms with Crippen molar-refractivity contribution < 1.29 is 4.74 Å². The molecule has 0 spiro atoms. The molecule has 1 aliphatic carbocycles. The number of hydrogen-bond donors (Lipinski definition) is 1. The summed E-state index contributed by atoms with van der Waals surface area (Å²) < 4.78 is 5.51. The lowest BCUT2D eigenvalue weighted by atomic mass is 9.64. The standard InChI is InChI=1S/C16H25NO/c1-3-12-17-13-16(10-5-11-16)14-6-8-15(9-7-14)18-4-2/h6-9,17H,3-5,10-13H2,1-2H3. The van der Waals surface area contributed by atoms with E-state index in [4.69, 9.17) is 4.74 Å². The number of benzene rings is 1. The Morgan fingerprint density at radius 3 is 2.39 bits per heavy atom. The monoisotopic (exact) mass is 247 g/mol. The normalized spacial score (nSPS) is 17.2. The van der Waals surface area contributed by atoms with Gasteiger partial charge in [-0.1, -0.05) is 25.5 Å². The van der Waals surface area contributed by atoms with Crippen LogP contribution in [-0.4, -0.2) is 19.7 Å². The Balaban J connectivity index is 2.02. The van der Waals surface area contributed by atoms with Crippen LogP contribution < -0.4 is 10.1 Å². The molecule has 0 unspecified atom stereocenters. The van der Waals surface area contributed by atoms with Crippen molar-refractivity contribution in [3.63, 3.8) is 0 Å². The van der Waals surface area contributed by atoms with Gasteiger partial charge in [-0.05, 0) is 50.4 Å². The molecule has 100 valence electrons. The van der Waals surface area contributed by atoms with Gasteiger partial charge >= 0.3 is 0 Å². The Bertz CT molecular complexity index is 354. The Morgan fingerprint density at radius 1 is 1.17 bits per heavy atom. The largest absolute Gasteiger partial charge is 0.494 e. The van der Waals surface area contributed by atoms with Crippen molar-refractivity contribution in [2.75, 3.05) is 19.7 Å². The van der Waals surface area contributed by atoms with Crippen molar-refractivity contribution in [2.24, 2.45) is 0 Å². The predicted molar refractivity (Wildman–Crippen MR) is 76.3 cm³/mol. The maximum Gasteiger partial charge on any atom is 0.119 e. The summed E-state index contributed by atoms with van der Waals surface area (Å²) in [5.41, 5.74) is 1.86. The second kappa shape index (κ2) is 6.24. The van der Waals surface area contributed by atoms with Crippen molar-refractivity contribution >= 4 is 0 Å². The SMILES string of the molecule is CCCNCC1(c2ccc(OCC)cc2)CCC1. The molecule has 0 saturated heterocycles. The molecule has 2 nitrogen and oxygen atoms in total. The average molecular weight is 247 g/mol. The quantitative estimate of drug-likeness (QED) is 0.745. The fraction of sp³-hybridized carbons (Fsp3) is 0.625. The van der Waals surface area contributed by atoms with Crippen LogP contribution in [0, 0.1) is 0 Å². The Labute approximate surface area is 111 Å². The van der Waals surface area contributed by atoms with Crippen LogP contribution in [0.4, 0.5) is 0 Å². The van der Waals surface area contributed by atoms with Crippen molar-refractivity contribution in [3.05, 3.63) is 29.8 Å². The van der Waals surface area contributed by atoms with Gasteiger partial charge in [-0.2, -0.15) is 0 Å². The zero-order valence-electron chi connectivity index (χ0n) is 11.7. The maximum atomic E-state index is 5.51. The number of nitrogens with one attached hydrogen (secondary N) is 1. The lowest BCUT2D eigenvalue weighted by Gasteiger charge is -2.43. The summed E-state index contributed by atoms with van der Waals surface area (Å²) in [6, 6.07) is 8.72. The van der Waals surface area contributed by atoms with Gasteiger partial charge in [0.15, 0.2) is 0 Å². The molecular weight excluding hydrogens is 222 g/mol. The summed E-state index contributed by atoms with van der Waals surface area (Å²) >= 11 is 0. The van der Waals surface area contributed by atoms with Crippen LogP contribution in [0.3, 0.4) is 0 Å². The summed E-state index contributed by atoms with van der Waals surface area (Å²) in [4.78, 5) is 0. The molecule has 1 aliphatic rings. The molecule has 0 aromatic heterocycles. The second-order valence-corrected chi connectivity index (χ2v) is 5.27. The summed E-state index contributed by atoms with van der Waals surface area (Å²) in [5, 5.41) is 3.58. The van der Waals surface area contributed by atoms with Gasteiger partial charge in [0.05, 0.1) is 6.61 Å². The van der Waals surface area contributed by atoms with Gasteiger partial charge in [-0.25, -0.2) is 0 Å². The first-order valence-electron chi connectivity index (χ1n) is 7.25. The zero-order chi connectivity index (χ0) is 12.8. The first kappa shape index (κ1) is 13.4. The average Bonchev–Trinajstić information content (AvgIpc) is 2.34. The van der Waals surface area contributed by atoms with E-state index in [1.54, 1.807) is 0 Å². The van der Waals surface area contributed by atoms with Gasteiger partial charge in [-0.15, -0.1) is 0 Å². The molecule has 0 amide bonds. The van der Waals surface area contributed by atoms with E-state index in [9.17, 15) is 0 Å². The molecule has 0 atom stereocenters. The minimum Gasteiger partial charge on any atom is -0.494 e. The highest BCUT2D eigenvalue weighted by Crippen LogP contribution is 2.43. The van der Waals surface area contributed by atoms with Gasteiger partial charge in [0.1, 0.15) is 5.75 Å². The molecule has 2 heteroatoms. The molecule has 2 rings (SSSR count). The third-order valence-electron chi connectivity index (χ3n) is 3.98. The molecule has 1 fully saturated rings. The molecular formula is C16H25NO. The van der Waals surface area contributed by atoms with Crippen LogP contribution in [0.1, 0.15) is 45.1 Å². The first-order valence-corrected chi connectivity index (χ1v) is 7.25. The molecule has 1 saturated carbocycles. The Hall–Kier alpha value is -1.02. The molecule has 0 heterocycles. The van der Waals surface area contributed by atoms with E-state index in [1.807, 2.05) is 6.92 Å². The molecule has 0 bridgehead atoms. The highest BCUT2D eigenvalue weighted by atomic mass is 16.5. The highest BCUT2D eigenvalue weighted by Gasteiger charge is 2.37. The predicted octanol–water partition coefficient (Wildman–Crippen LogP) is 3.51. The maximum absolute atomic E-state index is 5.51. The molecule has 1 aromatic rings. The number of rotatable bonds is 7. The van der Waals surface area contributed by atoms with Gasteiger partial charge in [-0.3, -0.25) is 0 Å². The van der Waals surface area contributed by atoms with Crippen molar-refractivity contribution in [3.8, 4) is 5.75 Å². The van der Waals surface area contributed by atoms with Crippen LogP contribution in [0.2, 0.25) is 0 Å². The molecule has 1 aromatic carbocycles. The van der Waals surface area contributed by atoms with Gasteiger partial charge in [0.2, 0.25) is 0 Å². The fourth-order valence-electron chi connectivity index (χ4n) is 2.75. The number of ether oxygens (including phenoxy) is 1. The van der Waals surface area contributed by atoms with Crippen molar-refractivity contribution in [2.45, 2.75) is 44.9 Å². The smallest absolute Gasteiger partial charge is 0.119 e. The molecule has 18 heavy (non-hydrogen) atoms. The van der Waals surface area contributed by atoms with E-state index < -0.39 is 0 Å². The van der Waals surface area contributed by atoms with Crippen molar-refractivity contribution in [1.29, 1.82) is 0 Å². The summed E-state index contributed by atoms with van der Waals surface area (Å²) in [6.07, 6.45) is 5.20. The van der Waals surface area contributed by atoms with E-state index in [2.05, 4.69) is 36.5 Å². The van der Waals surface area contributed by atoms with Gasteiger partial charge in [0, 0.05) is 12.0 Å². The van der Waals surface area contributed by atoms with Crippen LogP contribution in [0.15, 0.2) is 24.3 Å². The second-order valence-electron chi connectivity index (χ2n) is 5.27. The summed E-state index contributed by atoms with van der Waals surface area (Å²) in [5.74, 6) is 0.984.